The van der Waals surface area contributed by atoms with E-state index in [-0.39, 0.29) is 0 Å². The number of aryl methyl sites for hydroxylation is 1. The van der Waals surface area contributed by atoms with Crippen LogP contribution in [0.2, 0.25) is 10.0 Å². The van der Waals surface area contributed by atoms with Gasteiger partial charge < -0.3 is 5.11 Å². The predicted octanol–water partition coefficient (Wildman–Crippen LogP) is 5.07. The molecule has 0 saturated carbocycles. The van der Waals surface area contributed by atoms with Crippen molar-refractivity contribution in [1.82, 2.24) is 0 Å². The Labute approximate surface area is 133 Å². The Morgan fingerprint density at radius 3 is 2.19 bits per heavy atom. The standard InChI is InChI=1S/C17H14Cl2O2/c1-2-11-3-5-12(6-4-11)14(10-17(20)21)13-7-8-15(18)16(19)9-13/h3-10H,2H2,1H3,(H,20,21). The zero-order valence-corrected chi connectivity index (χ0v) is 12.9. The SMILES string of the molecule is CCc1ccc(C(=CC(=O)O)c2ccc(Cl)c(Cl)c2)cc1. The molecule has 0 heterocycles. The van der Waals surface area contributed by atoms with Crippen molar-refractivity contribution in [1.29, 1.82) is 0 Å². The van der Waals surface area contributed by atoms with Gasteiger partial charge in [0, 0.05) is 6.08 Å². The van der Waals surface area contributed by atoms with E-state index in [2.05, 4.69) is 6.92 Å². The third kappa shape index (κ3) is 3.87. The summed E-state index contributed by atoms with van der Waals surface area (Å²) in [5.41, 5.74) is 3.34. The minimum Gasteiger partial charge on any atom is -0.478 e. The van der Waals surface area contributed by atoms with Gasteiger partial charge in [0.2, 0.25) is 0 Å². The van der Waals surface area contributed by atoms with E-state index in [9.17, 15) is 4.79 Å². The van der Waals surface area contributed by atoms with Crippen LogP contribution in [0.1, 0.15) is 23.6 Å². The van der Waals surface area contributed by atoms with Gasteiger partial charge in [-0.1, -0.05) is 60.5 Å². The lowest BCUT2D eigenvalue weighted by atomic mass is 9.96. The van der Waals surface area contributed by atoms with E-state index in [4.69, 9.17) is 28.3 Å². The van der Waals surface area contributed by atoms with Crippen LogP contribution in [0.15, 0.2) is 48.5 Å². The molecule has 4 heteroatoms. The summed E-state index contributed by atoms with van der Waals surface area (Å²) >= 11 is 11.9. The van der Waals surface area contributed by atoms with Gasteiger partial charge >= 0.3 is 5.97 Å². The van der Waals surface area contributed by atoms with E-state index in [0.717, 1.165) is 17.5 Å². The Balaban J connectivity index is 2.52. The molecule has 1 N–H and O–H groups in total. The highest BCUT2D eigenvalue weighted by Crippen LogP contribution is 2.29. The molecule has 2 nitrogen and oxygen atoms in total. The number of hydrogen-bond acceptors (Lipinski definition) is 1. The Bertz CT molecular complexity index is 688. The summed E-state index contributed by atoms with van der Waals surface area (Å²) in [6, 6.07) is 12.9. The van der Waals surface area contributed by atoms with Gasteiger partial charge in [0.05, 0.1) is 10.0 Å². The molecule has 2 rings (SSSR count). The molecular formula is C17H14Cl2O2. The molecule has 2 aromatic rings. The normalized spacial score (nSPS) is 11.5. The average molecular weight is 321 g/mol. The molecule has 0 amide bonds. The second-order valence-corrected chi connectivity index (χ2v) is 5.39. The van der Waals surface area contributed by atoms with E-state index in [0.29, 0.717) is 15.6 Å². The molecule has 0 aliphatic rings. The van der Waals surface area contributed by atoms with Gasteiger partial charge in [-0.2, -0.15) is 0 Å². The number of rotatable bonds is 4. The maximum Gasteiger partial charge on any atom is 0.328 e. The number of hydrogen-bond donors (Lipinski definition) is 1. The summed E-state index contributed by atoms with van der Waals surface area (Å²) in [6.07, 6.45) is 2.12. The summed E-state index contributed by atoms with van der Waals surface area (Å²) in [5, 5.41) is 9.94. The molecular weight excluding hydrogens is 307 g/mol. The van der Waals surface area contributed by atoms with Gasteiger partial charge in [0.25, 0.3) is 0 Å². The smallest absolute Gasteiger partial charge is 0.328 e. The van der Waals surface area contributed by atoms with Gasteiger partial charge in [-0.05, 0) is 40.8 Å². The average Bonchev–Trinajstić information content (AvgIpc) is 2.48. The van der Waals surface area contributed by atoms with Crippen molar-refractivity contribution in [2.75, 3.05) is 0 Å². The molecule has 0 fully saturated rings. The molecule has 0 spiro atoms. The molecule has 2 aromatic carbocycles. The summed E-state index contributed by atoms with van der Waals surface area (Å²) in [5.74, 6) is -1.00. The third-order valence-electron chi connectivity index (χ3n) is 3.17. The lowest BCUT2D eigenvalue weighted by molar-refractivity contribution is -0.131. The number of aliphatic carboxylic acids is 1. The molecule has 0 unspecified atom stereocenters. The van der Waals surface area contributed by atoms with Gasteiger partial charge in [-0.25, -0.2) is 4.79 Å². The zero-order chi connectivity index (χ0) is 15.4. The highest BCUT2D eigenvalue weighted by molar-refractivity contribution is 6.42. The van der Waals surface area contributed by atoms with Crippen LogP contribution >= 0.6 is 23.2 Å². The van der Waals surface area contributed by atoms with Crippen molar-refractivity contribution >= 4 is 34.7 Å². The number of carboxylic acid groups (broad SMARTS) is 1. The largest absolute Gasteiger partial charge is 0.478 e. The van der Waals surface area contributed by atoms with Crippen molar-refractivity contribution in [2.45, 2.75) is 13.3 Å². The maximum absolute atomic E-state index is 11.1. The van der Waals surface area contributed by atoms with E-state index < -0.39 is 5.97 Å². The van der Waals surface area contributed by atoms with Crippen LogP contribution in [-0.2, 0) is 11.2 Å². The monoisotopic (exact) mass is 320 g/mol. The zero-order valence-electron chi connectivity index (χ0n) is 11.4. The first-order valence-electron chi connectivity index (χ1n) is 6.50. The quantitative estimate of drug-likeness (QED) is 0.798. The minimum absolute atomic E-state index is 0.399. The van der Waals surface area contributed by atoms with Crippen LogP contribution in [0.5, 0.6) is 0 Å². The third-order valence-corrected chi connectivity index (χ3v) is 3.91. The highest BCUT2D eigenvalue weighted by atomic mass is 35.5. The highest BCUT2D eigenvalue weighted by Gasteiger charge is 2.09. The molecule has 108 valence electrons. The number of carboxylic acids is 1. The van der Waals surface area contributed by atoms with Gasteiger partial charge in [0.1, 0.15) is 0 Å². The number of halogens is 2. The van der Waals surface area contributed by atoms with Crippen molar-refractivity contribution in [3.63, 3.8) is 0 Å². The molecule has 21 heavy (non-hydrogen) atoms. The van der Waals surface area contributed by atoms with Gasteiger partial charge in [-0.3, -0.25) is 0 Å². The molecule has 0 bridgehead atoms. The van der Waals surface area contributed by atoms with Crippen LogP contribution in [-0.4, -0.2) is 11.1 Å². The van der Waals surface area contributed by atoms with E-state index >= 15 is 0 Å². The first-order chi connectivity index (χ1) is 10.0. The van der Waals surface area contributed by atoms with Gasteiger partial charge in [0.15, 0.2) is 0 Å². The maximum atomic E-state index is 11.1. The summed E-state index contributed by atoms with van der Waals surface area (Å²) in [4.78, 5) is 11.1. The van der Waals surface area contributed by atoms with Crippen molar-refractivity contribution in [3.8, 4) is 0 Å². The summed E-state index contributed by atoms with van der Waals surface area (Å²) in [6.45, 7) is 2.07. The minimum atomic E-state index is -1.00. The van der Waals surface area contributed by atoms with E-state index in [1.54, 1.807) is 18.2 Å². The van der Waals surface area contributed by atoms with Crippen molar-refractivity contribution in [2.24, 2.45) is 0 Å². The molecule has 0 saturated heterocycles. The molecule has 0 aliphatic carbocycles. The fraction of sp³-hybridized carbons (Fsp3) is 0.118. The van der Waals surface area contributed by atoms with Crippen LogP contribution < -0.4 is 0 Å². The van der Waals surface area contributed by atoms with E-state index in [1.807, 2.05) is 24.3 Å². The van der Waals surface area contributed by atoms with Crippen LogP contribution in [0.25, 0.3) is 5.57 Å². The Hall–Kier alpha value is -1.77. The summed E-state index contributed by atoms with van der Waals surface area (Å²) in [7, 11) is 0. The lowest BCUT2D eigenvalue weighted by Crippen LogP contribution is -1.95. The molecule has 0 aromatic heterocycles. The number of carbonyl (C=O) groups is 1. The first kappa shape index (κ1) is 15.6. The lowest BCUT2D eigenvalue weighted by Gasteiger charge is -2.10. The van der Waals surface area contributed by atoms with Crippen LogP contribution in [0.3, 0.4) is 0 Å². The molecule has 0 radical (unpaired) electrons. The fourth-order valence-electron chi connectivity index (χ4n) is 2.04. The molecule has 0 aliphatic heterocycles. The van der Waals surface area contributed by atoms with Crippen molar-refractivity contribution < 1.29 is 9.90 Å². The van der Waals surface area contributed by atoms with E-state index in [1.165, 1.54) is 11.6 Å². The second-order valence-electron chi connectivity index (χ2n) is 4.58. The van der Waals surface area contributed by atoms with Crippen molar-refractivity contribution in [3.05, 3.63) is 75.3 Å². The Morgan fingerprint density at radius 1 is 1.05 bits per heavy atom. The first-order valence-corrected chi connectivity index (χ1v) is 7.26. The predicted molar refractivity (Wildman–Crippen MR) is 87.0 cm³/mol. The van der Waals surface area contributed by atoms with Crippen LogP contribution in [0.4, 0.5) is 0 Å². The molecule has 0 atom stereocenters. The topological polar surface area (TPSA) is 37.3 Å². The fourth-order valence-corrected chi connectivity index (χ4v) is 2.34. The number of benzene rings is 2. The Kier molecular flexibility index (Phi) is 5.05. The van der Waals surface area contributed by atoms with Gasteiger partial charge in [-0.15, -0.1) is 0 Å². The second kappa shape index (κ2) is 6.79. The summed E-state index contributed by atoms with van der Waals surface area (Å²) < 4.78 is 0. The Morgan fingerprint density at radius 2 is 1.67 bits per heavy atom. The van der Waals surface area contributed by atoms with Crippen LogP contribution in [0, 0.1) is 0 Å².